The second kappa shape index (κ2) is 4.23. The van der Waals surface area contributed by atoms with Crippen molar-refractivity contribution in [3.05, 3.63) is 35.8 Å². The van der Waals surface area contributed by atoms with E-state index in [1.165, 1.54) is 0 Å². The van der Waals surface area contributed by atoms with Crippen LogP contribution in [0.3, 0.4) is 0 Å². The number of hydrogen-bond donors (Lipinski definition) is 0. The van der Waals surface area contributed by atoms with Crippen LogP contribution in [0.2, 0.25) is 0 Å². The van der Waals surface area contributed by atoms with Gasteiger partial charge in [-0.15, -0.1) is 0 Å². The van der Waals surface area contributed by atoms with E-state index in [1.807, 2.05) is 6.07 Å². The second-order valence-electron chi connectivity index (χ2n) is 8.44. The first kappa shape index (κ1) is 14.9. The Morgan fingerprint density at radius 2 is 2.17 bits per heavy atom. The van der Waals surface area contributed by atoms with Crippen molar-refractivity contribution in [1.82, 2.24) is 0 Å². The Bertz CT molecular complexity index is 750. The summed E-state index contributed by atoms with van der Waals surface area (Å²) >= 11 is 0. The molecular formula is C20H24O4. The van der Waals surface area contributed by atoms with Crippen molar-refractivity contribution < 1.29 is 18.7 Å². The number of rotatable bonds is 1. The first-order chi connectivity index (χ1) is 11.4. The minimum absolute atomic E-state index is 0.0931. The average Bonchev–Trinajstić information content (AvgIpc) is 3.14. The zero-order chi connectivity index (χ0) is 16.8. The van der Waals surface area contributed by atoms with Gasteiger partial charge in [-0.05, 0) is 31.7 Å². The molecule has 1 aromatic rings. The fourth-order valence-electron chi connectivity index (χ4n) is 6.21. The molecule has 1 aromatic heterocycles. The number of ketones is 1. The summed E-state index contributed by atoms with van der Waals surface area (Å²) < 4.78 is 18.5. The highest BCUT2D eigenvalue weighted by Gasteiger charge is 2.80. The molecule has 4 nitrogen and oxygen atoms in total. The molecule has 5 unspecified atom stereocenters. The van der Waals surface area contributed by atoms with Gasteiger partial charge in [0.05, 0.1) is 24.7 Å². The SMILES string of the molecule is CC1=CCCC23OC4(c5ccoc5)CC2(C)C(C)CC(=O)C13CO4. The molecule has 0 N–H and O–H groups in total. The minimum atomic E-state index is -0.776. The summed E-state index contributed by atoms with van der Waals surface area (Å²) in [6.45, 7) is 7.03. The van der Waals surface area contributed by atoms with Crippen LogP contribution in [0.5, 0.6) is 0 Å². The van der Waals surface area contributed by atoms with E-state index in [0.29, 0.717) is 18.8 Å². The molecule has 4 heteroatoms. The number of ether oxygens (including phenoxy) is 2. The number of carbonyl (C=O) groups is 1. The van der Waals surface area contributed by atoms with Crippen molar-refractivity contribution in [1.29, 1.82) is 0 Å². The molecule has 3 fully saturated rings. The van der Waals surface area contributed by atoms with E-state index in [1.54, 1.807) is 12.5 Å². The molecule has 1 spiro atoms. The Morgan fingerprint density at radius 1 is 1.33 bits per heavy atom. The van der Waals surface area contributed by atoms with Crippen LogP contribution in [-0.2, 0) is 20.1 Å². The number of Topliss-reactive ketones (excluding diaryl/α,β-unsaturated/α-hetero) is 1. The molecule has 2 saturated heterocycles. The zero-order valence-electron chi connectivity index (χ0n) is 14.6. The smallest absolute Gasteiger partial charge is 0.199 e. The molecule has 2 bridgehead atoms. The Morgan fingerprint density at radius 3 is 2.92 bits per heavy atom. The van der Waals surface area contributed by atoms with Gasteiger partial charge in [0.25, 0.3) is 0 Å². The molecule has 0 amide bonds. The number of allylic oxidation sites excluding steroid dienone is 1. The van der Waals surface area contributed by atoms with Gasteiger partial charge < -0.3 is 13.9 Å². The number of fused-ring (bicyclic) bond motifs is 1. The normalized spacial score (nSPS) is 49.7. The van der Waals surface area contributed by atoms with Crippen molar-refractivity contribution in [2.24, 2.45) is 16.7 Å². The maximum atomic E-state index is 13.3. The van der Waals surface area contributed by atoms with Crippen LogP contribution in [-0.4, -0.2) is 18.0 Å². The van der Waals surface area contributed by atoms with Gasteiger partial charge in [-0.1, -0.05) is 25.5 Å². The molecule has 5 rings (SSSR count). The number of furan rings is 1. The van der Waals surface area contributed by atoms with E-state index in [-0.39, 0.29) is 11.3 Å². The van der Waals surface area contributed by atoms with E-state index < -0.39 is 16.8 Å². The quantitative estimate of drug-likeness (QED) is 0.732. The minimum Gasteiger partial charge on any atom is -0.472 e. The molecular weight excluding hydrogens is 304 g/mol. The van der Waals surface area contributed by atoms with Crippen LogP contribution in [0.25, 0.3) is 0 Å². The Balaban J connectivity index is 1.78. The fraction of sp³-hybridized carbons (Fsp3) is 0.650. The Labute approximate surface area is 142 Å². The molecule has 5 atom stereocenters. The highest BCUT2D eigenvalue weighted by Crippen LogP contribution is 2.74. The van der Waals surface area contributed by atoms with Crippen LogP contribution in [0, 0.1) is 16.7 Å². The van der Waals surface area contributed by atoms with Crippen LogP contribution in [0.15, 0.2) is 34.7 Å². The lowest BCUT2D eigenvalue weighted by Crippen LogP contribution is -2.70. The van der Waals surface area contributed by atoms with E-state index in [9.17, 15) is 4.79 Å². The van der Waals surface area contributed by atoms with E-state index in [0.717, 1.165) is 30.4 Å². The topological polar surface area (TPSA) is 48.7 Å². The lowest BCUT2D eigenvalue weighted by molar-refractivity contribution is -0.344. The van der Waals surface area contributed by atoms with Gasteiger partial charge in [-0.3, -0.25) is 4.79 Å². The van der Waals surface area contributed by atoms with Crippen LogP contribution in [0.4, 0.5) is 0 Å². The summed E-state index contributed by atoms with van der Waals surface area (Å²) in [6, 6.07) is 1.93. The van der Waals surface area contributed by atoms with Crippen molar-refractivity contribution in [2.75, 3.05) is 6.61 Å². The zero-order valence-corrected chi connectivity index (χ0v) is 14.6. The summed E-state index contributed by atoms with van der Waals surface area (Å²) in [5.41, 5.74) is 0.899. The van der Waals surface area contributed by atoms with Crippen molar-refractivity contribution in [3.8, 4) is 0 Å². The summed E-state index contributed by atoms with van der Waals surface area (Å²) in [5.74, 6) is -0.204. The predicted octanol–water partition coefficient (Wildman–Crippen LogP) is 3.96. The number of carbonyl (C=O) groups excluding carboxylic acids is 1. The standard InChI is InChI=1S/C20H24O4/c1-13-5-4-7-20-17(3)11-19(24-20,15-6-8-22-10-15)23-12-18(13,20)16(21)9-14(17)2/h5-6,8,10,14H,4,7,9,11-12H2,1-3H3. The van der Waals surface area contributed by atoms with E-state index >= 15 is 0 Å². The van der Waals surface area contributed by atoms with Gasteiger partial charge >= 0.3 is 0 Å². The number of hydrogen-bond acceptors (Lipinski definition) is 4. The summed E-state index contributed by atoms with van der Waals surface area (Å²) in [5, 5.41) is 0. The molecule has 24 heavy (non-hydrogen) atoms. The average molecular weight is 328 g/mol. The van der Waals surface area contributed by atoms with Gasteiger partial charge in [-0.25, -0.2) is 0 Å². The highest BCUT2D eigenvalue weighted by atomic mass is 16.7. The van der Waals surface area contributed by atoms with Crippen LogP contribution >= 0.6 is 0 Å². The molecule has 0 radical (unpaired) electrons. The fourth-order valence-corrected chi connectivity index (χ4v) is 6.21. The van der Waals surface area contributed by atoms with E-state index in [2.05, 4.69) is 26.8 Å². The third kappa shape index (κ3) is 1.32. The van der Waals surface area contributed by atoms with E-state index in [4.69, 9.17) is 13.9 Å². The van der Waals surface area contributed by atoms with Gasteiger partial charge in [0.15, 0.2) is 5.79 Å². The van der Waals surface area contributed by atoms with Gasteiger partial charge in [0.2, 0.25) is 0 Å². The molecule has 128 valence electrons. The molecule has 4 aliphatic rings. The first-order valence-corrected chi connectivity index (χ1v) is 8.98. The van der Waals surface area contributed by atoms with Gasteiger partial charge in [0.1, 0.15) is 11.2 Å². The van der Waals surface area contributed by atoms with Gasteiger partial charge in [0, 0.05) is 23.8 Å². The molecule has 1 saturated carbocycles. The molecule has 0 aromatic carbocycles. The largest absolute Gasteiger partial charge is 0.472 e. The van der Waals surface area contributed by atoms with Crippen LogP contribution < -0.4 is 0 Å². The lowest BCUT2D eigenvalue weighted by atomic mass is 9.44. The monoisotopic (exact) mass is 328 g/mol. The van der Waals surface area contributed by atoms with Gasteiger partial charge in [-0.2, -0.15) is 0 Å². The first-order valence-electron chi connectivity index (χ1n) is 8.98. The van der Waals surface area contributed by atoms with Crippen molar-refractivity contribution in [3.63, 3.8) is 0 Å². The van der Waals surface area contributed by atoms with Crippen molar-refractivity contribution >= 4 is 5.78 Å². The predicted molar refractivity (Wildman–Crippen MR) is 87.1 cm³/mol. The summed E-state index contributed by atoms with van der Waals surface area (Å²) in [7, 11) is 0. The Hall–Kier alpha value is -1.39. The van der Waals surface area contributed by atoms with Crippen molar-refractivity contribution in [2.45, 2.75) is 57.8 Å². The maximum Gasteiger partial charge on any atom is 0.199 e. The second-order valence-corrected chi connectivity index (χ2v) is 8.44. The molecule has 2 aliphatic heterocycles. The maximum absolute atomic E-state index is 13.3. The molecule has 3 heterocycles. The summed E-state index contributed by atoms with van der Waals surface area (Å²) in [4.78, 5) is 13.3. The third-order valence-electron chi connectivity index (χ3n) is 7.71. The Kier molecular flexibility index (Phi) is 2.63. The molecule has 2 aliphatic carbocycles. The lowest BCUT2D eigenvalue weighted by Gasteiger charge is -2.62. The summed E-state index contributed by atoms with van der Waals surface area (Å²) in [6.07, 6.45) is 8.85. The third-order valence-corrected chi connectivity index (χ3v) is 7.71. The van der Waals surface area contributed by atoms with Crippen LogP contribution in [0.1, 0.15) is 52.0 Å². The highest BCUT2D eigenvalue weighted by molar-refractivity contribution is 5.92.